The summed E-state index contributed by atoms with van der Waals surface area (Å²) in [4.78, 5) is 26.0. The van der Waals surface area contributed by atoms with Crippen molar-refractivity contribution in [3.8, 4) is 34.5 Å². The number of aryl methyl sites for hydroxylation is 1. The van der Waals surface area contributed by atoms with E-state index in [1.54, 1.807) is 25.1 Å². The van der Waals surface area contributed by atoms with E-state index in [0.717, 1.165) is 0 Å². The molecule has 1 aliphatic rings. The van der Waals surface area contributed by atoms with Gasteiger partial charge in [0.25, 0.3) is 0 Å². The first-order valence-corrected chi connectivity index (χ1v) is 11.6. The zero-order valence-corrected chi connectivity index (χ0v) is 21.0. The molecule has 0 bridgehead atoms. The average Bonchev–Trinajstić information content (AvgIpc) is 2.89. The van der Waals surface area contributed by atoms with E-state index in [1.807, 2.05) is 18.2 Å². The molecule has 1 aromatic heterocycles. The molecule has 0 saturated carbocycles. The first kappa shape index (κ1) is 25.7. The van der Waals surface area contributed by atoms with Gasteiger partial charge in [-0.25, -0.2) is 4.79 Å². The molecule has 0 saturated heterocycles. The quantitative estimate of drug-likeness (QED) is 0.446. The van der Waals surface area contributed by atoms with E-state index in [0.29, 0.717) is 22.8 Å². The number of hydrogen-bond acceptors (Lipinski definition) is 9. The first-order valence-electron chi connectivity index (χ1n) is 11.6. The number of fused-ring (bicyclic) bond motifs is 1. The summed E-state index contributed by atoms with van der Waals surface area (Å²) >= 11 is 0. The summed E-state index contributed by atoms with van der Waals surface area (Å²) in [6.07, 6.45) is -0.594. The van der Waals surface area contributed by atoms with Gasteiger partial charge >= 0.3 is 5.63 Å². The summed E-state index contributed by atoms with van der Waals surface area (Å²) in [5.41, 5.74) is -0.391. The maximum Gasteiger partial charge on any atom is 0.343 e. The second kappa shape index (κ2) is 11.2. The molecule has 0 radical (unpaired) electrons. The molecule has 3 aromatic rings. The van der Waals surface area contributed by atoms with Gasteiger partial charge in [0.15, 0.2) is 23.0 Å². The molecule has 0 fully saturated rings. The molecule has 0 aliphatic carbocycles. The lowest BCUT2D eigenvalue weighted by atomic mass is 9.87. The molecule has 196 valence electrons. The van der Waals surface area contributed by atoms with Gasteiger partial charge in [-0.3, -0.25) is 4.79 Å². The number of rotatable bonds is 9. The van der Waals surface area contributed by atoms with Crippen LogP contribution in [0.2, 0.25) is 0 Å². The van der Waals surface area contributed by atoms with Gasteiger partial charge in [0.1, 0.15) is 24.2 Å². The maximum atomic E-state index is 13.1. The Morgan fingerprint density at radius 3 is 2.49 bits per heavy atom. The Hall–Kier alpha value is -4.34. The van der Waals surface area contributed by atoms with Crippen LogP contribution in [0.3, 0.4) is 0 Å². The highest BCUT2D eigenvalue weighted by Gasteiger charge is 2.31. The van der Waals surface area contributed by atoms with Crippen LogP contribution in [0.5, 0.6) is 34.5 Å². The fourth-order valence-corrected chi connectivity index (χ4v) is 4.34. The van der Waals surface area contributed by atoms with Gasteiger partial charge in [-0.2, -0.15) is 0 Å². The van der Waals surface area contributed by atoms with Crippen molar-refractivity contribution in [1.29, 1.82) is 0 Å². The molecule has 10 nitrogen and oxygen atoms in total. The topological polar surface area (TPSA) is 126 Å². The molecule has 10 heteroatoms. The third-order valence-corrected chi connectivity index (χ3v) is 6.03. The third-order valence-electron chi connectivity index (χ3n) is 6.03. The predicted molar refractivity (Wildman–Crippen MR) is 133 cm³/mol. The highest BCUT2D eigenvalue weighted by atomic mass is 16.6. The highest BCUT2D eigenvalue weighted by molar-refractivity contribution is 5.78. The Morgan fingerprint density at radius 1 is 1.08 bits per heavy atom. The van der Waals surface area contributed by atoms with Gasteiger partial charge in [0, 0.05) is 24.0 Å². The molecule has 2 aromatic carbocycles. The second-order valence-corrected chi connectivity index (χ2v) is 8.43. The summed E-state index contributed by atoms with van der Waals surface area (Å²) in [7, 11) is 4.37. The second-order valence-electron chi connectivity index (χ2n) is 8.43. The summed E-state index contributed by atoms with van der Waals surface area (Å²) in [5, 5.41) is 13.5. The van der Waals surface area contributed by atoms with Gasteiger partial charge in [-0.1, -0.05) is 18.2 Å². The van der Waals surface area contributed by atoms with E-state index in [9.17, 15) is 14.7 Å². The standard InChI is InChI=1S/C27H29NO9/c1-15-11-19(29)24(27(31)36-15)18(17-9-10-22(32-2)26(34-4)25(17)33-3)12-23(30)28-13-16-14-35-20-7-5-6-8-21(20)37-16/h5-11,16,18,29H,12-14H2,1-4H3,(H,28,30)/t16-,18-/m0/s1. The SMILES string of the molecule is COc1ccc([C@H](CC(=O)NC[C@H]2COc3ccccc3O2)c2c(O)cc(C)oc2=O)c(OC)c1OC. The van der Waals surface area contributed by atoms with Crippen LogP contribution in [-0.4, -0.2) is 51.6 Å². The van der Waals surface area contributed by atoms with Gasteiger partial charge in [-0.15, -0.1) is 0 Å². The molecule has 1 aliphatic heterocycles. The first-order chi connectivity index (χ1) is 17.9. The summed E-state index contributed by atoms with van der Waals surface area (Å²) in [6.45, 7) is 2.00. The minimum absolute atomic E-state index is 0.0718. The van der Waals surface area contributed by atoms with Gasteiger partial charge in [-0.05, 0) is 25.1 Å². The summed E-state index contributed by atoms with van der Waals surface area (Å²) in [6, 6.07) is 11.9. The van der Waals surface area contributed by atoms with E-state index in [-0.39, 0.29) is 54.1 Å². The predicted octanol–water partition coefficient (Wildman–Crippen LogP) is 3.16. The Morgan fingerprint density at radius 2 is 1.81 bits per heavy atom. The summed E-state index contributed by atoms with van der Waals surface area (Å²) in [5.74, 6) is 0.846. The Bertz CT molecular complexity index is 1330. The van der Waals surface area contributed by atoms with Crippen molar-refractivity contribution in [1.82, 2.24) is 5.32 Å². The number of hydrogen-bond donors (Lipinski definition) is 2. The van der Waals surface area contributed by atoms with Crippen molar-refractivity contribution in [2.75, 3.05) is 34.5 Å². The normalized spacial score (nSPS) is 15.0. The van der Waals surface area contributed by atoms with Crippen molar-refractivity contribution >= 4 is 5.91 Å². The lowest BCUT2D eigenvalue weighted by molar-refractivity contribution is -0.121. The number of ether oxygens (including phenoxy) is 5. The number of methoxy groups -OCH3 is 3. The van der Waals surface area contributed by atoms with Crippen molar-refractivity contribution < 1.29 is 38.0 Å². The number of amides is 1. The molecule has 2 heterocycles. The number of carbonyl (C=O) groups is 1. The molecule has 1 amide bonds. The van der Waals surface area contributed by atoms with E-state index >= 15 is 0 Å². The fourth-order valence-electron chi connectivity index (χ4n) is 4.34. The van der Waals surface area contributed by atoms with Crippen LogP contribution >= 0.6 is 0 Å². The fraction of sp³-hybridized carbons (Fsp3) is 0.333. The van der Waals surface area contributed by atoms with Crippen molar-refractivity contribution in [2.24, 2.45) is 0 Å². The molecule has 37 heavy (non-hydrogen) atoms. The number of carbonyl (C=O) groups excluding carboxylic acids is 1. The van der Waals surface area contributed by atoms with Crippen LogP contribution in [-0.2, 0) is 4.79 Å². The van der Waals surface area contributed by atoms with E-state index in [4.69, 9.17) is 28.1 Å². The minimum atomic E-state index is -0.921. The zero-order chi connectivity index (χ0) is 26.5. The Balaban J connectivity index is 1.63. The zero-order valence-electron chi connectivity index (χ0n) is 21.0. The van der Waals surface area contributed by atoms with E-state index in [1.165, 1.54) is 27.4 Å². The van der Waals surface area contributed by atoms with Crippen molar-refractivity contribution in [2.45, 2.75) is 25.4 Å². The molecule has 4 rings (SSSR count). The average molecular weight is 512 g/mol. The highest BCUT2D eigenvalue weighted by Crippen LogP contribution is 2.45. The molecule has 2 atom stereocenters. The van der Waals surface area contributed by atoms with Gasteiger partial charge in [0.2, 0.25) is 11.7 Å². The molecular weight excluding hydrogens is 482 g/mol. The smallest absolute Gasteiger partial charge is 0.343 e. The number of nitrogens with one attached hydrogen (secondary N) is 1. The van der Waals surface area contributed by atoms with Crippen molar-refractivity contribution in [3.63, 3.8) is 0 Å². The van der Waals surface area contributed by atoms with Crippen LogP contribution in [0, 0.1) is 6.92 Å². The lowest BCUT2D eigenvalue weighted by Crippen LogP contribution is -2.41. The number of para-hydroxylation sites is 2. The van der Waals surface area contributed by atoms with Crippen LogP contribution < -0.4 is 34.6 Å². The number of aromatic hydroxyl groups is 1. The van der Waals surface area contributed by atoms with E-state index < -0.39 is 17.6 Å². The molecule has 0 unspecified atom stereocenters. The Labute approximate surface area is 213 Å². The third kappa shape index (κ3) is 5.42. The number of benzene rings is 2. The van der Waals surface area contributed by atoms with Crippen LogP contribution in [0.1, 0.15) is 29.2 Å². The minimum Gasteiger partial charge on any atom is -0.507 e. The van der Waals surface area contributed by atoms with E-state index in [2.05, 4.69) is 5.32 Å². The monoisotopic (exact) mass is 511 g/mol. The Kier molecular flexibility index (Phi) is 7.76. The molecular formula is C27H29NO9. The largest absolute Gasteiger partial charge is 0.507 e. The van der Waals surface area contributed by atoms with Crippen LogP contribution in [0.15, 0.2) is 51.7 Å². The van der Waals surface area contributed by atoms with Gasteiger partial charge < -0.3 is 38.5 Å². The van der Waals surface area contributed by atoms with Crippen LogP contribution in [0.4, 0.5) is 0 Å². The molecule has 2 N–H and O–H groups in total. The van der Waals surface area contributed by atoms with Crippen molar-refractivity contribution in [3.05, 3.63) is 69.8 Å². The molecule has 0 spiro atoms. The van der Waals surface area contributed by atoms with Gasteiger partial charge in [0.05, 0.1) is 33.4 Å². The maximum absolute atomic E-state index is 13.1. The summed E-state index contributed by atoms with van der Waals surface area (Å²) < 4.78 is 33.3. The lowest BCUT2D eigenvalue weighted by Gasteiger charge is -2.27. The van der Waals surface area contributed by atoms with Crippen LogP contribution in [0.25, 0.3) is 0 Å².